The van der Waals surface area contributed by atoms with Crippen molar-refractivity contribution in [2.24, 2.45) is 0 Å². The van der Waals surface area contributed by atoms with E-state index in [0.717, 1.165) is 12.1 Å². The van der Waals surface area contributed by atoms with Crippen LogP contribution in [0.5, 0.6) is 0 Å². The molecule has 0 spiro atoms. The molecule has 0 fully saturated rings. The zero-order valence-corrected chi connectivity index (χ0v) is 12.6. The number of aryl methyl sites for hydroxylation is 2. The predicted octanol–water partition coefficient (Wildman–Crippen LogP) is 3.88. The van der Waals surface area contributed by atoms with Gasteiger partial charge in [-0.25, -0.2) is 0 Å². The van der Waals surface area contributed by atoms with E-state index in [2.05, 4.69) is 54.7 Å². The lowest BCUT2D eigenvalue weighted by molar-refractivity contribution is 0.299. The Bertz CT molecular complexity index is 603. The molecule has 0 saturated heterocycles. The zero-order chi connectivity index (χ0) is 14.7. The van der Waals surface area contributed by atoms with Gasteiger partial charge in [0.15, 0.2) is 0 Å². The molecule has 0 amide bonds. The molecular formula is C19H23NO. The van der Waals surface area contributed by atoms with E-state index in [-0.39, 0.29) is 6.61 Å². The van der Waals surface area contributed by atoms with E-state index in [4.69, 9.17) is 5.11 Å². The Labute approximate surface area is 126 Å². The van der Waals surface area contributed by atoms with Gasteiger partial charge in [-0.2, -0.15) is 0 Å². The molecule has 2 aromatic carbocycles. The van der Waals surface area contributed by atoms with Gasteiger partial charge in [0.1, 0.15) is 0 Å². The first-order chi connectivity index (χ1) is 10.3. The van der Waals surface area contributed by atoms with Crippen LogP contribution in [0.25, 0.3) is 0 Å². The first-order valence-electron chi connectivity index (χ1n) is 7.84. The number of rotatable bonds is 5. The lowest BCUT2D eigenvalue weighted by Gasteiger charge is -2.17. The van der Waals surface area contributed by atoms with Crippen LogP contribution in [-0.4, -0.2) is 11.7 Å². The Balaban J connectivity index is 1.69. The van der Waals surface area contributed by atoms with E-state index < -0.39 is 0 Å². The summed E-state index contributed by atoms with van der Waals surface area (Å²) in [5.74, 6) is 0. The largest absolute Gasteiger partial charge is 0.396 e. The highest BCUT2D eigenvalue weighted by Gasteiger charge is 2.13. The highest BCUT2D eigenvalue weighted by Crippen LogP contribution is 2.27. The van der Waals surface area contributed by atoms with Crippen molar-refractivity contribution in [1.82, 2.24) is 0 Å². The molecule has 21 heavy (non-hydrogen) atoms. The first-order valence-corrected chi connectivity index (χ1v) is 7.84. The Morgan fingerprint density at radius 2 is 1.81 bits per heavy atom. The van der Waals surface area contributed by atoms with Crippen LogP contribution in [0.2, 0.25) is 0 Å². The maximum atomic E-state index is 8.94. The molecule has 0 radical (unpaired) electrons. The Morgan fingerprint density at radius 1 is 1.05 bits per heavy atom. The van der Waals surface area contributed by atoms with Crippen molar-refractivity contribution in [2.75, 3.05) is 11.9 Å². The first kappa shape index (κ1) is 14.2. The number of nitrogens with one attached hydrogen (secondary N) is 1. The van der Waals surface area contributed by atoms with Gasteiger partial charge >= 0.3 is 0 Å². The summed E-state index contributed by atoms with van der Waals surface area (Å²) in [5, 5.41) is 12.5. The maximum absolute atomic E-state index is 8.94. The summed E-state index contributed by atoms with van der Waals surface area (Å²) in [7, 11) is 0. The van der Waals surface area contributed by atoms with Gasteiger partial charge in [0.2, 0.25) is 0 Å². The number of benzene rings is 2. The molecule has 0 bridgehead atoms. The second kappa shape index (κ2) is 6.31. The summed E-state index contributed by atoms with van der Waals surface area (Å²) >= 11 is 0. The van der Waals surface area contributed by atoms with E-state index in [1.807, 2.05) is 0 Å². The summed E-state index contributed by atoms with van der Waals surface area (Å²) in [6.07, 6.45) is 4.49. The van der Waals surface area contributed by atoms with Gasteiger partial charge in [-0.05, 0) is 67.0 Å². The number of anilines is 1. The number of aliphatic hydroxyl groups excluding tert-OH is 1. The average molecular weight is 281 g/mol. The molecular weight excluding hydrogens is 258 g/mol. The molecule has 1 unspecified atom stereocenters. The van der Waals surface area contributed by atoms with Gasteiger partial charge in [-0.15, -0.1) is 0 Å². The molecule has 0 saturated carbocycles. The van der Waals surface area contributed by atoms with Crippen LogP contribution in [0.3, 0.4) is 0 Å². The summed E-state index contributed by atoms with van der Waals surface area (Å²) in [6.45, 7) is 2.41. The minimum atomic E-state index is 0.207. The highest BCUT2D eigenvalue weighted by molar-refractivity contribution is 5.47. The zero-order valence-electron chi connectivity index (χ0n) is 12.6. The van der Waals surface area contributed by atoms with Crippen molar-refractivity contribution < 1.29 is 5.11 Å². The fourth-order valence-electron chi connectivity index (χ4n) is 3.09. The van der Waals surface area contributed by atoms with E-state index in [0.29, 0.717) is 6.04 Å². The number of fused-ring (bicyclic) bond motifs is 1. The SMILES string of the molecule is CC(Nc1ccc(CCO)cc1)c1ccc2c(c1)CCC2. The quantitative estimate of drug-likeness (QED) is 0.871. The summed E-state index contributed by atoms with van der Waals surface area (Å²) in [4.78, 5) is 0. The minimum absolute atomic E-state index is 0.207. The number of hydrogen-bond acceptors (Lipinski definition) is 2. The summed E-state index contributed by atoms with van der Waals surface area (Å²) < 4.78 is 0. The summed E-state index contributed by atoms with van der Waals surface area (Å²) in [6, 6.07) is 15.5. The van der Waals surface area contributed by atoms with Crippen molar-refractivity contribution in [2.45, 2.75) is 38.6 Å². The van der Waals surface area contributed by atoms with E-state index in [1.165, 1.54) is 41.5 Å². The van der Waals surface area contributed by atoms with Crippen LogP contribution in [0.15, 0.2) is 42.5 Å². The van der Waals surface area contributed by atoms with Crippen molar-refractivity contribution >= 4 is 5.69 Å². The molecule has 0 heterocycles. The Morgan fingerprint density at radius 3 is 2.57 bits per heavy atom. The monoisotopic (exact) mass is 281 g/mol. The Kier molecular flexibility index (Phi) is 4.26. The molecule has 2 aromatic rings. The fourth-order valence-corrected chi connectivity index (χ4v) is 3.09. The molecule has 0 aromatic heterocycles. The second-order valence-electron chi connectivity index (χ2n) is 5.92. The summed E-state index contributed by atoms with van der Waals surface area (Å²) in [5.41, 5.74) is 6.71. The lowest BCUT2D eigenvalue weighted by atomic mass is 10.0. The van der Waals surface area contributed by atoms with Crippen molar-refractivity contribution in [3.8, 4) is 0 Å². The van der Waals surface area contributed by atoms with Gasteiger partial charge in [0.05, 0.1) is 0 Å². The van der Waals surface area contributed by atoms with E-state index in [9.17, 15) is 0 Å². The van der Waals surface area contributed by atoms with Gasteiger partial charge < -0.3 is 10.4 Å². The van der Waals surface area contributed by atoms with Crippen LogP contribution in [0.1, 0.15) is 41.6 Å². The minimum Gasteiger partial charge on any atom is -0.396 e. The van der Waals surface area contributed by atoms with Crippen LogP contribution in [0, 0.1) is 0 Å². The van der Waals surface area contributed by atoms with Crippen molar-refractivity contribution in [3.63, 3.8) is 0 Å². The molecule has 0 aliphatic heterocycles. The lowest BCUT2D eigenvalue weighted by Crippen LogP contribution is -2.07. The van der Waals surface area contributed by atoms with Crippen molar-refractivity contribution in [3.05, 3.63) is 64.7 Å². The molecule has 2 nitrogen and oxygen atoms in total. The normalized spacial score (nSPS) is 14.8. The third-order valence-electron chi connectivity index (χ3n) is 4.36. The van der Waals surface area contributed by atoms with Gasteiger partial charge in [-0.1, -0.05) is 30.3 Å². The van der Waals surface area contributed by atoms with Crippen LogP contribution in [0.4, 0.5) is 5.69 Å². The third-order valence-corrected chi connectivity index (χ3v) is 4.36. The fraction of sp³-hybridized carbons (Fsp3) is 0.368. The second-order valence-corrected chi connectivity index (χ2v) is 5.92. The molecule has 1 aliphatic carbocycles. The van der Waals surface area contributed by atoms with E-state index >= 15 is 0 Å². The van der Waals surface area contributed by atoms with Gasteiger partial charge in [0, 0.05) is 18.3 Å². The molecule has 1 aliphatic rings. The molecule has 2 N–H and O–H groups in total. The average Bonchev–Trinajstić information content (AvgIpc) is 2.97. The predicted molar refractivity (Wildman–Crippen MR) is 87.7 cm³/mol. The van der Waals surface area contributed by atoms with Gasteiger partial charge in [0.25, 0.3) is 0 Å². The molecule has 3 rings (SSSR count). The highest BCUT2D eigenvalue weighted by atomic mass is 16.2. The number of aliphatic hydroxyl groups is 1. The smallest absolute Gasteiger partial charge is 0.0485 e. The Hall–Kier alpha value is -1.80. The number of hydrogen-bond donors (Lipinski definition) is 2. The van der Waals surface area contributed by atoms with Crippen LogP contribution in [-0.2, 0) is 19.3 Å². The van der Waals surface area contributed by atoms with Crippen LogP contribution < -0.4 is 5.32 Å². The van der Waals surface area contributed by atoms with Gasteiger partial charge in [-0.3, -0.25) is 0 Å². The topological polar surface area (TPSA) is 32.3 Å². The standard InChI is InChI=1S/C19H23NO/c1-14(17-8-7-16-3-2-4-18(16)13-17)20-19-9-5-15(6-10-19)11-12-21/h5-10,13-14,20-21H,2-4,11-12H2,1H3. The van der Waals surface area contributed by atoms with Crippen LogP contribution >= 0.6 is 0 Å². The molecule has 2 heteroatoms. The maximum Gasteiger partial charge on any atom is 0.0485 e. The molecule has 1 atom stereocenters. The van der Waals surface area contributed by atoms with Crippen molar-refractivity contribution in [1.29, 1.82) is 0 Å². The molecule has 110 valence electrons. The van der Waals surface area contributed by atoms with E-state index in [1.54, 1.807) is 0 Å². The third kappa shape index (κ3) is 3.27.